The van der Waals surface area contributed by atoms with Crippen LogP contribution in [0.3, 0.4) is 0 Å². The minimum absolute atomic E-state index is 0.117. The lowest BCUT2D eigenvalue weighted by molar-refractivity contribution is -0.141. The molecule has 0 saturated heterocycles. The van der Waals surface area contributed by atoms with Crippen LogP contribution in [0.4, 0.5) is 0 Å². The second-order valence-corrected chi connectivity index (χ2v) is 6.96. The van der Waals surface area contributed by atoms with E-state index in [1.807, 2.05) is 13.0 Å². The standard InChI is InChI=1S/C21H33NO2/c1-16(2)9-6-10-17(3)11-7-12-18(4)13-8-14-19(5)20(15-22)21(23)24/h9,11,13,19-20H,6-8,10,12,14H2,1-5H3,(H,23,24)/b17-11+,18-13+. The van der Waals surface area contributed by atoms with Crippen molar-refractivity contribution in [2.45, 2.75) is 73.1 Å². The second-order valence-electron chi connectivity index (χ2n) is 6.96. The lowest BCUT2D eigenvalue weighted by Gasteiger charge is -2.12. The van der Waals surface area contributed by atoms with Gasteiger partial charge in [-0.15, -0.1) is 0 Å². The van der Waals surface area contributed by atoms with Crippen LogP contribution in [0.2, 0.25) is 0 Å². The molecule has 0 aromatic carbocycles. The number of aliphatic carboxylic acids is 1. The third kappa shape index (κ3) is 10.8. The van der Waals surface area contributed by atoms with Gasteiger partial charge in [0.25, 0.3) is 0 Å². The van der Waals surface area contributed by atoms with Crippen LogP contribution in [0.25, 0.3) is 0 Å². The molecule has 0 heterocycles. The number of hydrogen-bond donors (Lipinski definition) is 1. The molecule has 0 rings (SSSR count). The van der Waals surface area contributed by atoms with Crippen LogP contribution in [0.5, 0.6) is 0 Å². The van der Waals surface area contributed by atoms with E-state index in [2.05, 4.69) is 45.9 Å². The van der Waals surface area contributed by atoms with Gasteiger partial charge in [-0.25, -0.2) is 0 Å². The van der Waals surface area contributed by atoms with E-state index in [9.17, 15) is 4.79 Å². The molecule has 0 aromatic heterocycles. The third-order valence-electron chi connectivity index (χ3n) is 4.21. The number of allylic oxidation sites excluding steroid dienone is 6. The van der Waals surface area contributed by atoms with Gasteiger partial charge in [0, 0.05) is 0 Å². The number of carbonyl (C=O) groups is 1. The summed E-state index contributed by atoms with van der Waals surface area (Å²) in [6.45, 7) is 10.4. The Bertz CT molecular complexity index is 516. The van der Waals surface area contributed by atoms with Crippen LogP contribution in [-0.2, 0) is 4.79 Å². The molecule has 0 bridgehead atoms. The Kier molecular flexibility index (Phi) is 11.6. The first-order chi connectivity index (χ1) is 11.3. The molecule has 0 aliphatic carbocycles. The van der Waals surface area contributed by atoms with E-state index in [-0.39, 0.29) is 5.92 Å². The first kappa shape index (κ1) is 22.2. The third-order valence-corrected chi connectivity index (χ3v) is 4.21. The predicted molar refractivity (Wildman–Crippen MR) is 101 cm³/mol. The molecule has 0 saturated carbocycles. The summed E-state index contributed by atoms with van der Waals surface area (Å²) in [6.07, 6.45) is 12.7. The highest BCUT2D eigenvalue weighted by molar-refractivity contribution is 5.73. The lowest BCUT2D eigenvalue weighted by Crippen LogP contribution is -2.19. The van der Waals surface area contributed by atoms with Crippen molar-refractivity contribution in [2.75, 3.05) is 0 Å². The number of rotatable bonds is 11. The van der Waals surface area contributed by atoms with Gasteiger partial charge in [-0.2, -0.15) is 5.26 Å². The lowest BCUT2D eigenvalue weighted by atomic mass is 9.91. The van der Waals surface area contributed by atoms with Crippen LogP contribution in [-0.4, -0.2) is 11.1 Å². The average Bonchev–Trinajstić information content (AvgIpc) is 2.47. The van der Waals surface area contributed by atoms with Gasteiger partial charge in [0.1, 0.15) is 5.92 Å². The van der Waals surface area contributed by atoms with Gasteiger partial charge < -0.3 is 5.11 Å². The minimum Gasteiger partial charge on any atom is -0.480 e. The maximum atomic E-state index is 10.9. The van der Waals surface area contributed by atoms with E-state index in [0.717, 1.165) is 38.5 Å². The maximum absolute atomic E-state index is 10.9. The van der Waals surface area contributed by atoms with Crippen LogP contribution in [0.15, 0.2) is 34.9 Å². The number of nitriles is 1. The molecule has 134 valence electrons. The molecule has 0 radical (unpaired) electrons. The van der Waals surface area contributed by atoms with Crippen molar-refractivity contribution < 1.29 is 9.90 Å². The summed E-state index contributed by atoms with van der Waals surface area (Å²) in [5.41, 5.74) is 4.14. The normalized spacial score (nSPS) is 14.7. The van der Waals surface area contributed by atoms with Crippen molar-refractivity contribution >= 4 is 5.97 Å². The van der Waals surface area contributed by atoms with Crippen molar-refractivity contribution in [2.24, 2.45) is 11.8 Å². The molecule has 0 spiro atoms. The molecular formula is C21H33NO2. The molecule has 2 atom stereocenters. The SMILES string of the molecule is CC(C)=CCC/C(C)=C/CC/C(C)=C/CCC(C)C(C#N)C(=O)O. The molecule has 3 heteroatoms. The fourth-order valence-electron chi connectivity index (χ4n) is 2.52. The Morgan fingerprint density at radius 3 is 1.96 bits per heavy atom. The van der Waals surface area contributed by atoms with Crippen molar-refractivity contribution in [3.05, 3.63) is 34.9 Å². The van der Waals surface area contributed by atoms with Gasteiger partial charge >= 0.3 is 5.97 Å². The zero-order chi connectivity index (χ0) is 18.5. The molecule has 0 aliphatic heterocycles. The van der Waals surface area contributed by atoms with E-state index in [4.69, 9.17) is 10.4 Å². The minimum atomic E-state index is -1.01. The zero-order valence-electron chi connectivity index (χ0n) is 15.9. The molecule has 0 fully saturated rings. The van der Waals surface area contributed by atoms with E-state index >= 15 is 0 Å². The molecular weight excluding hydrogens is 298 g/mol. The van der Waals surface area contributed by atoms with Gasteiger partial charge in [0.05, 0.1) is 6.07 Å². The molecule has 0 aliphatic rings. The Labute approximate surface area is 147 Å². The summed E-state index contributed by atoms with van der Waals surface area (Å²) in [7, 11) is 0. The van der Waals surface area contributed by atoms with Crippen LogP contribution in [0, 0.1) is 23.2 Å². The summed E-state index contributed by atoms with van der Waals surface area (Å²) in [5.74, 6) is -2.03. The van der Waals surface area contributed by atoms with Gasteiger partial charge in [-0.1, -0.05) is 41.9 Å². The average molecular weight is 332 g/mol. The zero-order valence-corrected chi connectivity index (χ0v) is 15.9. The highest BCUT2D eigenvalue weighted by Gasteiger charge is 2.23. The van der Waals surface area contributed by atoms with Crippen molar-refractivity contribution in [1.82, 2.24) is 0 Å². The molecule has 24 heavy (non-hydrogen) atoms. The quantitative estimate of drug-likeness (QED) is 0.469. The highest BCUT2D eigenvalue weighted by atomic mass is 16.4. The first-order valence-electron chi connectivity index (χ1n) is 8.85. The van der Waals surface area contributed by atoms with Gasteiger partial charge in [-0.05, 0) is 72.1 Å². The van der Waals surface area contributed by atoms with Gasteiger partial charge in [0.2, 0.25) is 0 Å². The van der Waals surface area contributed by atoms with Crippen molar-refractivity contribution in [1.29, 1.82) is 5.26 Å². The molecule has 2 unspecified atom stereocenters. The molecule has 0 amide bonds. The van der Waals surface area contributed by atoms with E-state index in [0.29, 0.717) is 0 Å². The van der Waals surface area contributed by atoms with Crippen molar-refractivity contribution in [3.63, 3.8) is 0 Å². The topological polar surface area (TPSA) is 61.1 Å². The Morgan fingerprint density at radius 1 is 1.00 bits per heavy atom. The summed E-state index contributed by atoms with van der Waals surface area (Å²) in [6, 6.07) is 1.88. The highest BCUT2D eigenvalue weighted by Crippen LogP contribution is 2.19. The molecule has 0 aromatic rings. The van der Waals surface area contributed by atoms with E-state index in [1.165, 1.54) is 16.7 Å². The predicted octanol–water partition coefficient (Wildman–Crippen LogP) is 6.05. The Morgan fingerprint density at radius 2 is 1.50 bits per heavy atom. The Hall–Kier alpha value is -1.82. The fraction of sp³-hybridized carbons (Fsp3) is 0.619. The summed E-state index contributed by atoms with van der Waals surface area (Å²) in [5, 5.41) is 17.8. The maximum Gasteiger partial charge on any atom is 0.321 e. The van der Waals surface area contributed by atoms with Crippen LogP contribution in [0.1, 0.15) is 73.1 Å². The largest absolute Gasteiger partial charge is 0.480 e. The number of hydrogen-bond acceptors (Lipinski definition) is 2. The smallest absolute Gasteiger partial charge is 0.321 e. The summed E-state index contributed by atoms with van der Waals surface area (Å²) >= 11 is 0. The van der Waals surface area contributed by atoms with E-state index in [1.54, 1.807) is 0 Å². The van der Waals surface area contributed by atoms with Crippen molar-refractivity contribution in [3.8, 4) is 6.07 Å². The monoisotopic (exact) mass is 331 g/mol. The number of carboxylic acids is 1. The second kappa shape index (κ2) is 12.6. The van der Waals surface area contributed by atoms with Crippen LogP contribution >= 0.6 is 0 Å². The number of nitrogens with zero attached hydrogens (tertiary/aromatic N) is 1. The Balaban J connectivity index is 4.13. The first-order valence-corrected chi connectivity index (χ1v) is 8.85. The summed E-state index contributed by atoms with van der Waals surface area (Å²) in [4.78, 5) is 10.9. The van der Waals surface area contributed by atoms with Gasteiger partial charge in [0.15, 0.2) is 0 Å². The molecule has 3 nitrogen and oxygen atoms in total. The van der Waals surface area contributed by atoms with Crippen LogP contribution < -0.4 is 0 Å². The summed E-state index contributed by atoms with van der Waals surface area (Å²) < 4.78 is 0. The fourth-order valence-corrected chi connectivity index (χ4v) is 2.52. The van der Waals surface area contributed by atoms with E-state index < -0.39 is 11.9 Å². The van der Waals surface area contributed by atoms with Gasteiger partial charge in [-0.3, -0.25) is 4.79 Å². The molecule has 1 N–H and O–H groups in total. The number of carboxylic acid groups (broad SMARTS) is 1.